The Morgan fingerprint density at radius 2 is 1.58 bits per heavy atom. The van der Waals surface area contributed by atoms with Gasteiger partial charge in [0.15, 0.2) is 6.10 Å². The highest BCUT2D eigenvalue weighted by atomic mass is 32.2. The van der Waals surface area contributed by atoms with Crippen molar-refractivity contribution < 1.29 is 22.7 Å². The molecule has 1 amide bonds. The zero-order chi connectivity index (χ0) is 22.4. The number of rotatable bonds is 8. The van der Waals surface area contributed by atoms with E-state index in [2.05, 4.69) is 10.0 Å². The Bertz CT molecular complexity index is 1160. The van der Waals surface area contributed by atoms with E-state index in [1.54, 1.807) is 56.5 Å². The van der Waals surface area contributed by atoms with E-state index in [0.29, 0.717) is 22.9 Å². The van der Waals surface area contributed by atoms with Crippen molar-refractivity contribution in [3.05, 3.63) is 78.4 Å². The lowest BCUT2D eigenvalue weighted by Gasteiger charge is -2.15. The van der Waals surface area contributed by atoms with Gasteiger partial charge in [0.1, 0.15) is 11.5 Å². The van der Waals surface area contributed by atoms with E-state index in [-0.39, 0.29) is 10.8 Å². The van der Waals surface area contributed by atoms with Crippen molar-refractivity contribution in [2.45, 2.75) is 24.8 Å². The molecule has 31 heavy (non-hydrogen) atoms. The summed E-state index contributed by atoms with van der Waals surface area (Å²) in [5, 5.41) is 2.72. The first-order chi connectivity index (χ1) is 14.8. The van der Waals surface area contributed by atoms with E-state index >= 15 is 0 Å². The molecule has 0 unspecified atom stereocenters. The molecule has 3 rings (SSSR count). The first-order valence-electron chi connectivity index (χ1n) is 9.58. The van der Waals surface area contributed by atoms with Gasteiger partial charge in [0.2, 0.25) is 0 Å². The van der Waals surface area contributed by atoms with Crippen LogP contribution in [0, 0.1) is 6.92 Å². The van der Waals surface area contributed by atoms with Crippen LogP contribution < -0.4 is 19.5 Å². The molecular formula is C23H24N2O5S. The van der Waals surface area contributed by atoms with Gasteiger partial charge >= 0.3 is 0 Å². The van der Waals surface area contributed by atoms with E-state index in [0.717, 1.165) is 5.56 Å². The van der Waals surface area contributed by atoms with E-state index in [9.17, 15) is 13.2 Å². The molecule has 0 aliphatic carbocycles. The lowest BCUT2D eigenvalue weighted by Crippen LogP contribution is -2.30. The number of hydrogen-bond acceptors (Lipinski definition) is 5. The summed E-state index contributed by atoms with van der Waals surface area (Å²) < 4.78 is 38.5. The summed E-state index contributed by atoms with van der Waals surface area (Å²) in [5.74, 6) is 0.767. The average Bonchev–Trinajstić information content (AvgIpc) is 2.74. The maximum atomic E-state index is 12.6. The molecule has 162 valence electrons. The first kappa shape index (κ1) is 22.2. The molecular weight excluding hydrogens is 416 g/mol. The van der Waals surface area contributed by atoms with Gasteiger partial charge < -0.3 is 14.8 Å². The minimum Gasteiger partial charge on any atom is -0.497 e. The van der Waals surface area contributed by atoms with Crippen molar-refractivity contribution in [1.29, 1.82) is 0 Å². The number of nitrogens with one attached hydrogen (secondary N) is 2. The standard InChI is InChI=1S/C23H24N2O5S/c1-16-6-4-7-19(14-16)25-31(27,28)22-12-10-18(11-13-22)24-23(26)17(2)30-21-9-5-8-20(15-21)29-3/h4-15,17,25H,1-3H3,(H,24,26)/t17-/m1/s1. The Morgan fingerprint density at radius 3 is 2.26 bits per heavy atom. The maximum Gasteiger partial charge on any atom is 0.265 e. The summed E-state index contributed by atoms with van der Waals surface area (Å²) in [6.07, 6.45) is -0.765. The first-order valence-corrected chi connectivity index (χ1v) is 11.1. The van der Waals surface area contributed by atoms with Crippen LogP contribution in [0.5, 0.6) is 11.5 Å². The van der Waals surface area contributed by atoms with E-state index in [1.165, 1.54) is 24.3 Å². The van der Waals surface area contributed by atoms with Gasteiger partial charge in [-0.25, -0.2) is 8.42 Å². The monoisotopic (exact) mass is 440 g/mol. The number of ether oxygens (including phenoxy) is 2. The number of carbonyl (C=O) groups excluding carboxylic acids is 1. The summed E-state index contributed by atoms with van der Waals surface area (Å²) in [4.78, 5) is 12.5. The molecule has 0 saturated heterocycles. The molecule has 1 atom stereocenters. The fraction of sp³-hybridized carbons (Fsp3) is 0.174. The van der Waals surface area contributed by atoms with Crippen LogP contribution in [0.1, 0.15) is 12.5 Å². The van der Waals surface area contributed by atoms with Crippen molar-refractivity contribution in [2.75, 3.05) is 17.1 Å². The van der Waals surface area contributed by atoms with Crippen molar-refractivity contribution in [2.24, 2.45) is 0 Å². The van der Waals surface area contributed by atoms with E-state index < -0.39 is 16.1 Å². The van der Waals surface area contributed by atoms with Gasteiger partial charge in [-0.3, -0.25) is 9.52 Å². The van der Waals surface area contributed by atoms with Crippen molar-refractivity contribution >= 4 is 27.3 Å². The summed E-state index contributed by atoms with van der Waals surface area (Å²) in [7, 11) is -2.19. The van der Waals surface area contributed by atoms with Gasteiger partial charge in [-0.2, -0.15) is 0 Å². The van der Waals surface area contributed by atoms with Crippen LogP contribution in [0.15, 0.2) is 77.7 Å². The van der Waals surface area contributed by atoms with Crippen LogP contribution in [0.25, 0.3) is 0 Å². The number of anilines is 2. The number of sulfonamides is 1. The van der Waals surface area contributed by atoms with Crippen LogP contribution >= 0.6 is 0 Å². The molecule has 7 nitrogen and oxygen atoms in total. The van der Waals surface area contributed by atoms with Crippen molar-refractivity contribution in [1.82, 2.24) is 0 Å². The predicted molar refractivity (Wildman–Crippen MR) is 120 cm³/mol. The lowest BCUT2D eigenvalue weighted by atomic mass is 10.2. The zero-order valence-electron chi connectivity index (χ0n) is 17.5. The van der Waals surface area contributed by atoms with Gasteiger partial charge in [-0.1, -0.05) is 18.2 Å². The number of hydrogen-bond donors (Lipinski definition) is 2. The number of benzene rings is 3. The zero-order valence-corrected chi connectivity index (χ0v) is 18.3. The summed E-state index contributed by atoms with van der Waals surface area (Å²) >= 11 is 0. The third kappa shape index (κ3) is 5.99. The molecule has 8 heteroatoms. The Morgan fingerprint density at radius 1 is 0.903 bits per heavy atom. The number of methoxy groups -OCH3 is 1. The molecule has 0 heterocycles. The molecule has 0 aromatic heterocycles. The average molecular weight is 441 g/mol. The van der Waals surface area contributed by atoms with Gasteiger partial charge in [0.25, 0.3) is 15.9 Å². The van der Waals surface area contributed by atoms with Gasteiger partial charge in [-0.15, -0.1) is 0 Å². The highest BCUT2D eigenvalue weighted by Gasteiger charge is 2.17. The molecule has 0 aliphatic rings. The smallest absolute Gasteiger partial charge is 0.265 e. The predicted octanol–water partition coefficient (Wildman–Crippen LogP) is 4.21. The Labute approximate surface area is 182 Å². The quantitative estimate of drug-likeness (QED) is 0.547. The Hall–Kier alpha value is -3.52. The summed E-state index contributed by atoms with van der Waals surface area (Å²) in [5.41, 5.74) is 1.89. The van der Waals surface area contributed by atoms with Gasteiger partial charge in [0, 0.05) is 17.4 Å². The second kappa shape index (κ2) is 9.53. The molecule has 0 bridgehead atoms. The Balaban J connectivity index is 1.63. The third-order valence-corrected chi connectivity index (χ3v) is 5.82. The largest absolute Gasteiger partial charge is 0.497 e. The second-order valence-electron chi connectivity index (χ2n) is 6.93. The normalized spacial score (nSPS) is 12.0. The van der Waals surface area contributed by atoms with Crippen LogP contribution in [0.3, 0.4) is 0 Å². The van der Waals surface area contributed by atoms with Crippen molar-refractivity contribution in [3.63, 3.8) is 0 Å². The Kier molecular flexibility index (Phi) is 6.81. The highest BCUT2D eigenvalue weighted by Crippen LogP contribution is 2.21. The minimum atomic E-state index is -3.74. The van der Waals surface area contributed by atoms with Crippen LogP contribution in [0.2, 0.25) is 0 Å². The number of amides is 1. The number of aryl methyl sites for hydroxylation is 1. The second-order valence-corrected chi connectivity index (χ2v) is 8.61. The van der Waals surface area contributed by atoms with Crippen LogP contribution in [0.4, 0.5) is 11.4 Å². The highest BCUT2D eigenvalue weighted by molar-refractivity contribution is 7.92. The minimum absolute atomic E-state index is 0.0904. The topological polar surface area (TPSA) is 93.7 Å². The molecule has 0 spiro atoms. The molecule has 3 aromatic rings. The summed E-state index contributed by atoms with van der Waals surface area (Å²) in [6, 6.07) is 20.0. The SMILES string of the molecule is COc1cccc(O[C@H](C)C(=O)Nc2ccc(S(=O)(=O)Nc3cccc(C)c3)cc2)c1. The molecule has 0 saturated carbocycles. The van der Waals surface area contributed by atoms with E-state index in [1.807, 2.05) is 13.0 Å². The molecule has 0 aliphatic heterocycles. The third-order valence-electron chi connectivity index (χ3n) is 4.43. The van der Waals surface area contributed by atoms with Crippen molar-refractivity contribution in [3.8, 4) is 11.5 Å². The molecule has 2 N–H and O–H groups in total. The molecule has 0 fully saturated rings. The van der Waals surface area contributed by atoms with Gasteiger partial charge in [0.05, 0.1) is 12.0 Å². The summed E-state index contributed by atoms with van der Waals surface area (Å²) in [6.45, 7) is 3.51. The molecule has 0 radical (unpaired) electrons. The molecule has 3 aromatic carbocycles. The number of carbonyl (C=O) groups is 1. The maximum absolute atomic E-state index is 12.6. The lowest BCUT2D eigenvalue weighted by molar-refractivity contribution is -0.122. The fourth-order valence-electron chi connectivity index (χ4n) is 2.82. The van der Waals surface area contributed by atoms with Crippen LogP contribution in [-0.2, 0) is 14.8 Å². The van der Waals surface area contributed by atoms with Gasteiger partial charge in [-0.05, 0) is 67.9 Å². The fourth-order valence-corrected chi connectivity index (χ4v) is 3.87. The van der Waals surface area contributed by atoms with E-state index in [4.69, 9.17) is 9.47 Å². The van der Waals surface area contributed by atoms with Crippen LogP contribution in [-0.4, -0.2) is 27.5 Å².